The van der Waals surface area contributed by atoms with E-state index in [0.717, 1.165) is 29.6 Å². The summed E-state index contributed by atoms with van der Waals surface area (Å²) in [6, 6.07) is 0. The van der Waals surface area contributed by atoms with E-state index in [0.29, 0.717) is 6.54 Å². The van der Waals surface area contributed by atoms with Gasteiger partial charge >= 0.3 is 6.09 Å². The molecule has 0 aromatic heterocycles. The molecule has 1 heterocycles. The van der Waals surface area contributed by atoms with Crippen LogP contribution in [0.5, 0.6) is 0 Å². The molecule has 0 aromatic rings. The molecule has 0 radical (unpaired) electrons. The van der Waals surface area contributed by atoms with Gasteiger partial charge in [0, 0.05) is 37.9 Å². The largest absolute Gasteiger partial charge is 0.444 e. The van der Waals surface area contributed by atoms with Gasteiger partial charge in [0.25, 0.3) is 0 Å². The molecule has 198 valence electrons. The van der Waals surface area contributed by atoms with Crippen molar-refractivity contribution in [1.29, 1.82) is 0 Å². The number of aliphatic hydroxyl groups excluding tert-OH is 2. The first-order chi connectivity index (χ1) is 16.0. The van der Waals surface area contributed by atoms with Crippen LogP contribution in [0.4, 0.5) is 4.79 Å². The molecule has 1 aliphatic heterocycles. The van der Waals surface area contributed by atoms with Crippen LogP contribution in [0.25, 0.3) is 0 Å². The lowest BCUT2D eigenvalue weighted by Crippen LogP contribution is -2.39. The third-order valence-corrected chi connectivity index (χ3v) is 6.36. The molecule has 1 rings (SSSR count). The van der Waals surface area contributed by atoms with Crippen LogP contribution in [0.2, 0.25) is 0 Å². The topological polar surface area (TPSA) is 129 Å². The molecule has 1 aliphatic rings. The van der Waals surface area contributed by atoms with E-state index >= 15 is 0 Å². The van der Waals surface area contributed by atoms with Gasteiger partial charge in [0.15, 0.2) is 6.29 Å². The maximum Gasteiger partial charge on any atom is 0.407 e. The molecule has 4 N–H and O–H groups in total. The fraction of sp³-hybridized carbons (Fsp3) is 0.783. The highest BCUT2D eigenvalue weighted by molar-refractivity contribution is 8.82. The smallest absolute Gasteiger partial charge is 0.407 e. The zero-order valence-electron chi connectivity index (χ0n) is 21.3. The lowest BCUT2D eigenvalue weighted by Gasteiger charge is -2.30. The SMILES string of the molecule is CC(C)(C)C(CO)OC(O)COC(=O)NCCC(=O)NCCSSC1=NC=CCC1.CC(C)C. The molecular formula is C23H43N3O6S2. The first-order valence-electron chi connectivity index (χ1n) is 11.6. The normalized spacial score (nSPS) is 15.0. The number of alkyl carbamates (subject to hydrolysis) is 1. The number of rotatable bonds is 12. The number of aliphatic imine (C=N–C) groups is 1. The number of aliphatic hydroxyl groups is 2. The zero-order valence-corrected chi connectivity index (χ0v) is 23.0. The minimum Gasteiger partial charge on any atom is -0.444 e. The van der Waals surface area contributed by atoms with Crippen LogP contribution in [-0.4, -0.2) is 71.7 Å². The average Bonchev–Trinajstić information content (AvgIpc) is 2.75. The van der Waals surface area contributed by atoms with E-state index in [2.05, 4.69) is 36.4 Å². The molecule has 11 heteroatoms. The Morgan fingerprint density at radius 2 is 1.88 bits per heavy atom. The maximum absolute atomic E-state index is 11.8. The number of hydrogen-bond acceptors (Lipinski definition) is 9. The van der Waals surface area contributed by atoms with E-state index in [4.69, 9.17) is 9.47 Å². The quantitative estimate of drug-likeness (QED) is 0.174. The van der Waals surface area contributed by atoms with Gasteiger partial charge in [0.2, 0.25) is 5.91 Å². The summed E-state index contributed by atoms with van der Waals surface area (Å²) < 4.78 is 10.1. The Labute approximate surface area is 212 Å². The van der Waals surface area contributed by atoms with Crippen LogP contribution in [0.15, 0.2) is 17.3 Å². The van der Waals surface area contributed by atoms with Crippen LogP contribution in [0, 0.1) is 11.3 Å². The number of ether oxygens (including phenoxy) is 2. The van der Waals surface area contributed by atoms with E-state index in [-0.39, 0.29) is 37.5 Å². The van der Waals surface area contributed by atoms with Gasteiger partial charge in [-0.05, 0) is 28.5 Å². The Kier molecular flexibility index (Phi) is 18.3. The van der Waals surface area contributed by atoms with Crippen molar-refractivity contribution in [1.82, 2.24) is 10.6 Å². The Hall–Kier alpha value is -1.27. The highest BCUT2D eigenvalue weighted by Gasteiger charge is 2.27. The predicted octanol–water partition coefficient (Wildman–Crippen LogP) is 3.71. The molecule has 2 amide bonds. The summed E-state index contributed by atoms with van der Waals surface area (Å²) in [7, 11) is 3.27. The monoisotopic (exact) mass is 521 g/mol. The molecule has 2 atom stereocenters. The third kappa shape index (κ3) is 19.1. The van der Waals surface area contributed by atoms with E-state index in [1.54, 1.807) is 21.6 Å². The number of carbonyl (C=O) groups excluding carboxylic acids is 2. The van der Waals surface area contributed by atoms with Crippen molar-refractivity contribution >= 4 is 38.6 Å². The molecule has 0 aromatic carbocycles. The molecule has 2 unspecified atom stereocenters. The average molecular weight is 522 g/mol. The van der Waals surface area contributed by atoms with Gasteiger partial charge in [-0.1, -0.05) is 58.4 Å². The Balaban J connectivity index is 0.00000251. The van der Waals surface area contributed by atoms with Crippen molar-refractivity contribution in [3.63, 3.8) is 0 Å². The summed E-state index contributed by atoms with van der Waals surface area (Å²) in [6.07, 6.45) is 3.27. The molecule has 34 heavy (non-hydrogen) atoms. The van der Waals surface area contributed by atoms with Crippen LogP contribution < -0.4 is 10.6 Å². The number of allylic oxidation sites excluding steroid dienone is 1. The van der Waals surface area contributed by atoms with Crippen molar-refractivity contribution in [3.8, 4) is 0 Å². The van der Waals surface area contributed by atoms with Crippen molar-refractivity contribution in [2.75, 3.05) is 32.1 Å². The van der Waals surface area contributed by atoms with E-state index in [1.165, 1.54) is 0 Å². The molecule has 0 aliphatic carbocycles. The minimum atomic E-state index is -1.35. The zero-order chi connectivity index (χ0) is 26.0. The van der Waals surface area contributed by atoms with E-state index in [1.807, 2.05) is 33.0 Å². The maximum atomic E-state index is 11.8. The molecule has 0 spiro atoms. The third-order valence-electron chi connectivity index (χ3n) is 3.94. The predicted molar refractivity (Wildman–Crippen MR) is 141 cm³/mol. The summed E-state index contributed by atoms with van der Waals surface area (Å²) in [5.41, 5.74) is -0.371. The summed E-state index contributed by atoms with van der Waals surface area (Å²) in [4.78, 5) is 27.7. The molecular weight excluding hydrogens is 478 g/mol. The van der Waals surface area contributed by atoms with Crippen LogP contribution in [0.1, 0.15) is 60.8 Å². The number of carbonyl (C=O) groups is 2. The highest BCUT2D eigenvalue weighted by atomic mass is 33.1. The number of nitrogens with zero attached hydrogens (tertiary/aromatic N) is 1. The van der Waals surface area contributed by atoms with Gasteiger partial charge in [-0.15, -0.1) is 0 Å². The number of amides is 2. The van der Waals surface area contributed by atoms with Crippen molar-refractivity contribution in [2.45, 2.75) is 73.2 Å². The van der Waals surface area contributed by atoms with Gasteiger partial charge in [0.1, 0.15) is 6.61 Å². The summed E-state index contributed by atoms with van der Waals surface area (Å²) in [5, 5.41) is 25.4. The summed E-state index contributed by atoms with van der Waals surface area (Å²) >= 11 is 0. The second kappa shape index (κ2) is 19.0. The van der Waals surface area contributed by atoms with Crippen molar-refractivity contribution in [3.05, 3.63) is 12.3 Å². The highest BCUT2D eigenvalue weighted by Crippen LogP contribution is 2.26. The van der Waals surface area contributed by atoms with Gasteiger partial charge in [-0.25, -0.2) is 4.79 Å². The first-order valence-corrected chi connectivity index (χ1v) is 13.9. The standard InChI is InChI=1S/C19H33N3O6S2.C4H10/c1-19(2,3)14(12-23)28-17(25)13-27-18(26)22-9-7-15(24)20-10-11-29-30-16-6-4-5-8-21-16;1-4(2)3/h5,8,14,17,23,25H,4,6-7,9-13H2,1-3H3,(H,20,24)(H,22,26);4H,1-3H3. The number of nitrogens with one attached hydrogen (secondary N) is 2. The Morgan fingerprint density at radius 3 is 2.44 bits per heavy atom. The fourth-order valence-electron chi connectivity index (χ4n) is 2.20. The second-order valence-corrected chi connectivity index (χ2v) is 11.8. The molecule has 0 fully saturated rings. The molecule has 0 bridgehead atoms. The van der Waals surface area contributed by atoms with Gasteiger partial charge in [-0.3, -0.25) is 9.79 Å². The van der Waals surface area contributed by atoms with Crippen LogP contribution in [-0.2, 0) is 14.3 Å². The lowest BCUT2D eigenvalue weighted by molar-refractivity contribution is -0.189. The van der Waals surface area contributed by atoms with Gasteiger partial charge in [0.05, 0.1) is 17.8 Å². The van der Waals surface area contributed by atoms with Gasteiger partial charge < -0.3 is 30.3 Å². The summed E-state index contributed by atoms with van der Waals surface area (Å²) in [6.45, 7) is 12.1. The first kappa shape index (κ1) is 32.7. The number of hydrogen-bond donors (Lipinski definition) is 4. The van der Waals surface area contributed by atoms with Crippen LogP contribution >= 0.6 is 21.6 Å². The van der Waals surface area contributed by atoms with E-state index in [9.17, 15) is 19.8 Å². The molecule has 0 saturated carbocycles. The second-order valence-electron chi connectivity index (χ2n) is 9.34. The molecule has 0 saturated heterocycles. The van der Waals surface area contributed by atoms with Crippen LogP contribution in [0.3, 0.4) is 0 Å². The molecule has 9 nitrogen and oxygen atoms in total. The fourth-order valence-corrected chi connectivity index (χ4v) is 4.20. The Morgan fingerprint density at radius 1 is 1.21 bits per heavy atom. The summed E-state index contributed by atoms with van der Waals surface area (Å²) in [5.74, 6) is 1.42. The van der Waals surface area contributed by atoms with Gasteiger partial charge in [-0.2, -0.15) is 0 Å². The lowest BCUT2D eigenvalue weighted by atomic mass is 9.89. The van der Waals surface area contributed by atoms with Crippen molar-refractivity contribution < 1.29 is 29.3 Å². The van der Waals surface area contributed by atoms with E-state index < -0.39 is 18.5 Å². The minimum absolute atomic E-state index is 0.119. The van der Waals surface area contributed by atoms with Crippen molar-refractivity contribution in [2.24, 2.45) is 16.3 Å². The Bertz CT molecular complexity index is 636.